The molecule has 3 heteroatoms. The third-order valence-electron chi connectivity index (χ3n) is 6.54. The Morgan fingerprint density at radius 1 is 0.419 bits per heavy atom. The normalized spacial score (nSPS) is 12.0. The van der Waals surface area contributed by atoms with E-state index in [0.717, 1.165) is 19.3 Å². The van der Waals surface area contributed by atoms with E-state index >= 15 is 0 Å². The van der Waals surface area contributed by atoms with Gasteiger partial charge in [-0.15, -0.1) is 0 Å². The molecule has 0 aliphatic rings. The van der Waals surface area contributed by atoms with Gasteiger partial charge in [-0.25, -0.2) is 0 Å². The van der Waals surface area contributed by atoms with Crippen molar-refractivity contribution in [3.8, 4) is 0 Å². The van der Waals surface area contributed by atoms with E-state index < -0.39 is 5.85 Å². The van der Waals surface area contributed by atoms with Gasteiger partial charge in [0.15, 0.2) is 5.85 Å². The van der Waals surface area contributed by atoms with Gasteiger partial charge in [-0.2, -0.15) is 0 Å². The van der Waals surface area contributed by atoms with Gasteiger partial charge in [0, 0.05) is 6.42 Å². The zero-order valence-electron chi connectivity index (χ0n) is 21.7. The van der Waals surface area contributed by atoms with Crippen LogP contribution in [0.2, 0.25) is 0 Å². The third kappa shape index (κ3) is 26.0. The maximum atomic E-state index is 6.13. The van der Waals surface area contributed by atoms with E-state index in [0.29, 0.717) is 6.61 Å². The minimum Gasteiger partial charge on any atom is -0.348 e. The Balaban J connectivity index is 3.29. The highest BCUT2D eigenvalue weighted by atomic mass is 16.5. The highest BCUT2D eigenvalue weighted by Gasteiger charge is 2.18. The van der Waals surface area contributed by atoms with E-state index in [1.807, 2.05) is 0 Å². The SMILES string of the molecule is CCCCCCCCCCCCCCOC(N)(N)CCCCCCCCCCCCC. The van der Waals surface area contributed by atoms with Crippen LogP contribution in [-0.2, 0) is 4.74 Å². The molecule has 0 aromatic carbocycles. The lowest BCUT2D eigenvalue weighted by molar-refractivity contribution is -0.0458. The van der Waals surface area contributed by atoms with Gasteiger partial charge >= 0.3 is 0 Å². The summed E-state index contributed by atoms with van der Waals surface area (Å²) in [7, 11) is 0. The largest absolute Gasteiger partial charge is 0.348 e. The molecule has 0 heterocycles. The summed E-state index contributed by atoms with van der Waals surface area (Å²) in [5, 5.41) is 0. The summed E-state index contributed by atoms with van der Waals surface area (Å²) in [5.74, 6) is -0.920. The molecule has 31 heavy (non-hydrogen) atoms. The number of rotatable bonds is 26. The first-order chi connectivity index (χ1) is 15.1. The molecule has 0 spiro atoms. The molecular formula is C28H60N2O. The van der Waals surface area contributed by atoms with E-state index in [4.69, 9.17) is 16.2 Å². The second-order valence-electron chi connectivity index (χ2n) is 9.98. The first kappa shape index (κ1) is 30.9. The molecule has 0 amide bonds. The van der Waals surface area contributed by atoms with Crippen molar-refractivity contribution < 1.29 is 4.74 Å². The van der Waals surface area contributed by atoms with E-state index in [2.05, 4.69) is 13.8 Å². The summed E-state index contributed by atoms with van der Waals surface area (Å²) < 4.78 is 5.77. The average molecular weight is 441 g/mol. The first-order valence-corrected chi connectivity index (χ1v) is 14.3. The second-order valence-corrected chi connectivity index (χ2v) is 9.98. The van der Waals surface area contributed by atoms with Crippen LogP contribution in [0.3, 0.4) is 0 Å². The molecule has 0 fully saturated rings. The summed E-state index contributed by atoms with van der Waals surface area (Å²) in [6.07, 6.45) is 31.9. The van der Waals surface area contributed by atoms with Gasteiger partial charge in [-0.05, 0) is 12.8 Å². The zero-order chi connectivity index (χ0) is 22.9. The van der Waals surface area contributed by atoms with Crippen LogP contribution in [0.4, 0.5) is 0 Å². The molecule has 0 aliphatic heterocycles. The van der Waals surface area contributed by atoms with Crippen molar-refractivity contribution in [3.05, 3.63) is 0 Å². The Hall–Kier alpha value is -0.120. The lowest BCUT2D eigenvalue weighted by atomic mass is 10.0. The fraction of sp³-hybridized carbons (Fsp3) is 1.00. The first-order valence-electron chi connectivity index (χ1n) is 14.3. The number of hydrogen-bond donors (Lipinski definition) is 2. The van der Waals surface area contributed by atoms with Crippen molar-refractivity contribution in [1.82, 2.24) is 0 Å². The minimum atomic E-state index is -0.920. The van der Waals surface area contributed by atoms with E-state index in [1.165, 1.54) is 135 Å². The smallest absolute Gasteiger partial charge is 0.169 e. The quantitative estimate of drug-likeness (QED) is 0.104. The lowest BCUT2D eigenvalue weighted by Gasteiger charge is -2.25. The van der Waals surface area contributed by atoms with Crippen molar-refractivity contribution in [2.75, 3.05) is 6.61 Å². The molecule has 0 unspecified atom stereocenters. The summed E-state index contributed by atoms with van der Waals surface area (Å²) in [4.78, 5) is 0. The van der Waals surface area contributed by atoms with Crippen molar-refractivity contribution in [3.63, 3.8) is 0 Å². The summed E-state index contributed by atoms with van der Waals surface area (Å²) in [6, 6.07) is 0. The van der Waals surface area contributed by atoms with Crippen molar-refractivity contribution in [1.29, 1.82) is 0 Å². The zero-order valence-corrected chi connectivity index (χ0v) is 21.7. The molecule has 0 saturated carbocycles. The minimum absolute atomic E-state index is 0.711. The average Bonchev–Trinajstić information content (AvgIpc) is 2.75. The fourth-order valence-electron chi connectivity index (χ4n) is 4.34. The molecule has 0 saturated heterocycles. The van der Waals surface area contributed by atoms with Gasteiger partial charge in [-0.1, -0.05) is 149 Å². The predicted octanol–water partition coefficient (Wildman–Crippen LogP) is 8.98. The Morgan fingerprint density at radius 2 is 0.710 bits per heavy atom. The summed E-state index contributed by atoms with van der Waals surface area (Å²) in [6.45, 7) is 5.27. The van der Waals surface area contributed by atoms with Crippen LogP contribution in [0.1, 0.15) is 168 Å². The maximum Gasteiger partial charge on any atom is 0.169 e. The predicted molar refractivity (Wildman–Crippen MR) is 139 cm³/mol. The molecule has 0 aliphatic carbocycles. The standard InChI is InChI=1S/C28H60N2O/c1-3-5-7-9-11-13-15-17-19-21-23-25-27-31-28(29,30)26-24-22-20-18-16-14-12-10-8-6-4-2/h3-27,29-30H2,1-2H3. The molecule has 0 aromatic heterocycles. The van der Waals surface area contributed by atoms with Crippen LogP contribution in [-0.4, -0.2) is 12.5 Å². The summed E-state index contributed by atoms with van der Waals surface area (Å²) in [5.41, 5.74) is 12.3. The van der Waals surface area contributed by atoms with Crippen LogP contribution in [0.5, 0.6) is 0 Å². The molecule has 0 atom stereocenters. The Morgan fingerprint density at radius 3 is 1.06 bits per heavy atom. The topological polar surface area (TPSA) is 61.3 Å². The van der Waals surface area contributed by atoms with E-state index in [1.54, 1.807) is 0 Å². The maximum absolute atomic E-state index is 6.13. The van der Waals surface area contributed by atoms with Crippen LogP contribution < -0.4 is 11.5 Å². The summed E-state index contributed by atoms with van der Waals surface area (Å²) >= 11 is 0. The molecular weight excluding hydrogens is 380 g/mol. The number of ether oxygens (including phenoxy) is 1. The fourth-order valence-corrected chi connectivity index (χ4v) is 4.34. The third-order valence-corrected chi connectivity index (χ3v) is 6.54. The van der Waals surface area contributed by atoms with E-state index in [-0.39, 0.29) is 0 Å². The van der Waals surface area contributed by atoms with Crippen LogP contribution in [0.15, 0.2) is 0 Å². The molecule has 188 valence electrons. The van der Waals surface area contributed by atoms with Crippen molar-refractivity contribution in [2.45, 2.75) is 174 Å². The monoisotopic (exact) mass is 440 g/mol. The molecule has 0 bridgehead atoms. The van der Waals surface area contributed by atoms with Crippen LogP contribution in [0, 0.1) is 0 Å². The number of hydrogen-bond acceptors (Lipinski definition) is 3. The van der Waals surface area contributed by atoms with Gasteiger partial charge in [0.05, 0.1) is 6.61 Å². The lowest BCUT2D eigenvalue weighted by Crippen LogP contribution is -2.52. The molecule has 3 nitrogen and oxygen atoms in total. The molecule has 0 radical (unpaired) electrons. The Bertz CT molecular complexity index is 333. The van der Waals surface area contributed by atoms with Gasteiger partial charge in [-0.3, -0.25) is 11.5 Å². The van der Waals surface area contributed by atoms with Crippen LogP contribution >= 0.6 is 0 Å². The molecule has 0 rings (SSSR count). The second kappa shape index (κ2) is 24.5. The Labute approximate surface area is 196 Å². The number of nitrogens with two attached hydrogens (primary N) is 2. The van der Waals surface area contributed by atoms with Gasteiger partial charge in [0.2, 0.25) is 0 Å². The van der Waals surface area contributed by atoms with E-state index in [9.17, 15) is 0 Å². The van der Waals surface area contributed by atoms with Crippen LogP contribution in [0.25, 0.3) is 0 Å². The van der Waals surface area contributed by atoms with Gasteiger partial charge in [0.25, 0.3) is 0 Å². The molecule has 4 N–H and O–H groups in total. The Kier molecular flexibility index (Phi) is 24.4. The molecule has 0 aromatic rings. The number of unbranched alkanes of at least 4 members (excludes halogenated alkanes) is 21. The highest BCUT2D eigenvalue weighted by Crippen LogP contribution is 2.15. The van der Waals surface area contributed by atoms with Crippen molar-refractivity contribution >= 4 is 0 Å². The highest BCUT2D eigenvalue weighted by molar-refractivity contribution is 4.65. The van der Waals surface area contributed by atoms with Gasteiger partial charge < -0.3 is 4.74 Å². The van der Waals surface area contributed by atoms with Crippen molar-refractivity contribution in [2.24, 2.45) is 11.5 Å². The van der Waals surface area contributed by atoms with Gasteiger partial charge in [0.1, 0.15) is 0 Å².